The second-order valence-corrected chi connectivity index (χ2v) is 30.2. The zero-order valence-corrected chi connectivity index (χ0v) is 70.2. The van der Waals surface area contributed by atoms with Crippen molar-refractivity contribution in [3.63, 3.8) is 0 Å². The standard InChI is InChI=1S/C81H110N18O27/c1-7-8-9-10-11-12-13-27-61(103)90-52(31-45-37-85-50-25-17-15-22-47(45)50)75(119)93-53(33-60(83)102)76(120)95-56(36-67(112)113)77(121)98-69-43(4)126-81(125)57(32-59(101)48-23-14-16-24-49(48)82)96-80(124)68(41(2)29-64(106)107)97-78(122)58(40-100)91-63(105)38-86-72(116)54(34-65(108)109)92-70(114)42(3)88-74(118)55(35-66(110)111)94-73(117)51(89-62(104)39-87-79(69)123)26-19-28-84-71(115)44-20-18-21-46(30-44)99(5)6/h14-18,20-25,30,37,41-43,51-58,68-69,85,100H,7-13,19,26-29,31-36,38-40,82H2,1-6H3,(H2,83,102)(H,84,115)(H,86,116)(H,87,123)(H,88,118)(H,89,104)(H,90,103)(H,91,105)(H,92,114)(H,93,119)(H,94,117)(H,95,120)(H,96,124)(H,97,122)(H,98,121)(H,106,107)(H,108,109)(H,110,111)(H,112,113). The number of amides is 15. The average molecular weight is 1770 g/mol. The van der Waals surface area contributed by atoms with Crippen molar-refractivity contribution in [1.29, 1.82) is 0 Å². The molecular weight excluding hydrogens is 1660 g/mol. The largest absolute Gasteiger partial charge is 0.481 e. The number of carbonyl (C=O) groups is 21. The van der Waals surface area contributed by atoms with Crippen LogP contribution in [0, 0.1) is 5.92 Å². The van der Waals surface area contributed by atoms with E-state index in [-0.39, 0.29) is 42.6 Å². The lowest BCUT2D eigenvalue weighted by atomic mass is 9.96. The molecule has 0 bridgehead atoms. The first kappa shape index (κ1) is 102. The maximum atomic E-state index is 15.0. The number of esters is 1. The molecular formula is C81H110N18O27. The molecule has 0 radical (unpaired) electrons. The van der Waals surface area contributed by atoms with Crippen LogP contribution in [0.3, 0.4) is 0 Å². The molecule has 2 heterocycles. The second kappa shape index (κ2) is 51.0. The van der Waals surface area contributed by atoms with Gasteiger partial charge in [-0.1, -0.05) is 88.8 Å². The predicted molar refractivity (Wildman–Crippen MR) is 444 cm³/mol. The number of anilines is 2. The van der Waals surface area contributed by atoms with Crippen molar-refractivity contribution >= 4 is 147 Å². The number of hydrogen-bond donors (Lipinski definition) is 22. The number of fused-ring (bicyclic) bond motifs is 1. The van der Waals surface area contributed by atoms with E-state index in [1.807, 2.05) is 16.0 Å². The summed E-state index contributed by atoms with van der Waals surface area (Å²) < 4.78 is 5.73. The number of aromatic nitrogens is 1. The molecule has 0 aliphatic carbocycles. The van der Waals surface area contributed by atoms with Crippen LogP contribution in [0.4, 0.5) is 11.4 Å². The van der Waals surface area contributed by atoms with Crippen molar-refractivity contribution in [3.05, 3.63) is 95.7 Å². The van der Waals surface area contributed by atoms with Crippen LogP contribution in [0.15, 0.2) is 79.0 Å². The summed E-state index contributed by atoms with van der Waals surface area (Å²) in [5, 5.41) is 82.0. The summed E-state index contributed by atoms with van der Waals surface area (Å²) in [7, 11) is 3.43. The minimum atomic E-state index is -2.49. The highest BCUT2D eigenvalue weighted by Crippen LogP contribution is 2.22. The maximum absolute atomic E-state index is 15.0. The van der Waals surface area contributed by atoms with Crippen molar-refractivity contribution in [2.24, 2.45) is 11.7 Å². The Labute approximate surface area is 721 Å². The molecule has 15 amide bonds. The van der Waals surface area contributed by atoms with Crippen LogP contribution < -0.4 is 90.8 Å². The number of hydrogen-bond acceptors (Lipinski definition) is 25. The fourth-order valence-corrected chi connectivity index (χ4v) is 12.9. The first-order valence-electron chi connectivity index (χ1n) is 40.4. The number of Topliss-reactive ketones (excluding diaryl/α,β-unsaturated/α-hetero) is 1. The van der Waals surface area contributed by atoms with Gasteiger partial charge in [0.1, 0.15) is 72.6 Å². The third-order valence-electron chi connectivity index (χ3n) is 19.7. The third-order valence-corrected chi connectivity index (χ3v) is 19.7. The van der Waals surface area contributed by atoms with Crippen LogP contribution in [0.25, 0.3) is 10.9 Å². The van der Waals surface area contributed by atoms with E-state index >= 15 is 0 Å². The smallest absolute Gasteiger partial charge is 0.329 e. The number of aromatic amines is 1. The number of carbonyl (C=O) groups excluding carboxylic acids is 17. The van der Waals surface area contributed by atoms with Gasteiger partial charge in [0.05, 0.1) is 51.8 Å². The number of nitrogens with one attached hydrogen (secondary N) is 15. The molecule has 45 nitrogen and oxygen atoms in total. The Hall–Kier alpha value is -14.2. The number of H-pyrrole nitrogens is 1. The first-order valence-corrected chi connectivity index (χ1v) is 40.4. The fraction of sp³-hybridized carbons (Fsp3) is 0.494. The number of aliphatic hydroxyl groups is 1. The SMILES string of the molecule is CCCCCCCCCC(=O)NC(Cc1c[nH]c2ccccc12)C(=O)NC(CC(N)=O)C(=O)NC(CC(=O)O)C(=O)NC1C(=O)NCC(=O)NC(CCCNC(=O)c2cccc(N(C)C)c2)C(=O)NC(CC(=O)O)C(=O)NC(C)C(=O)NC(CC(=O)O)C(=O)NCC(=O)NC(CO)C(=O)NC(C(C)CC(=O)O)C(=O)NC(CC(=O)c2ccccc2N)C(=O)OC1C. The summed E-state index contributed by atoms with van der Waals surface area (Å²) in [6.07, 6.45) is -2.88. The van der Waals surface area contributed by atoms with Gasteiger partial charge in [-0.05, 0) is 81.0 Å². The molecule has 0 spiro atoms. The molecule has 686 valence electrons. The van der Waals surface area contributed by atoms with E-state index in [2.05, 4.69) is 70.4 Å². The average Bonchev–Trinajstić information content (AvgIpc) is 1.77. The Bertz CT molecular complexity index is 4630. The number of rotatable bonds is 38. The van der Waals surface area contributed by atoms with Crippen molar-refractivity contribution in [1.82, 2.24) is 79.4 Å². The van der Waals surface area contributed by atoms with Crippen LogP contribution in [-0.4, -0.2) is 268 Å². The molecule has 0 saturated carbocycles. The second-order valence-electron chi connectivity index (χ2n) is 30.2. The summed E-state index contributed by atoms with van der Waals surface area (Å²) in [6.45, 7) is 0.905. The number of ketones is 1. The molecule has 5 rings (SSSR count). The monoisotopic (exact) mass is 1770 g/mol. The number of primary amides is 1. The molecule has 126 heavy (non-hydrogen) atoms. The molecule has 1 aliphatic rings. The lowest BCUT2D eigenvalue weighted by Crippen LogP contribution is -2.62. The molecule has 3 aromatic carbocycles. The molecule has 45 heteroatoms. The maximum Gasteiger partial charge on any atom is 0.329 e. The van der Waals surface area contributed by atoms with E-state index in [1.165, 1.54) is 30.3 Å². The normalized spacial score (nSPS) is 20.3. The Kier molecular flexibility index (Phi) is 41.5. The molecule has 24 N–H and O–H groups in total. The number of cyclic esters (lactones) is 1. The molecule has 4 aromatic rings. The summed E-state index contributed by atoms with van der Waals surface area (Å²) in [6, 6.07) is -4.71. The molecule has 13 unspecified atom stereocenters. The highest BCUT2D eigenvalue weighted by molar-refractivity contribution is 6.05. The zero-order chi connectivity index (χ0) is 93.6. The van der Waals surface area contributed by atoms with Crippen molar-refractivity contribution in [2.45, 2.75) is 209 Å². The van der Waals surface area contributed by atoms with Gasteiger partial charge in [0.2, 0.25) is 82.7 Å². The van der Waals surface area contributed by atoms with Crippen molar-refractivity contribution in [3.8, 4) is 0 Å². The molecule has 1 fully saturated rings. The predicted octanol–water partition coefficient (Wildman–Crippen LogP) is -4.08. The zero-order valence-electron chi connectivity index (χ0n) is 70.2. The number of carboxylic acid groups (broad SMARTS) is 4. The highest BCUT2D eigenvalue weighted by atomic mass is 16.5. The van der Waals surface area contributed by atoms with E-state index in [0.717, 1.165) is 52.9 Å². The number of carboxylic acids is 4. The van der Waals surface area contributed by atoms with Gasteiger partial charge in [-0.15, -0.1) is 0 Å². The minimum absolute atomic E-state index is 0.0300. The van der Waals surface area contributed by atoms with E-state index < -0.39 is 267 Å². The van der Waals surface area contributed by atoms with Gasteiger partial charge in [0.15, 0.2) is 5.78 Å². The Morgan fingerprint density at radius 1 is 0.556 bits per heavy atom. The van der Waals surface area contributed by atoms with Gasteiger partial charge >= 0.3 is 29.8 Å². The van der Waals surface area contributed by atoms with E-state index in [1.54, 1.807) is 67.7 Å². The lowest BCUT2D eigenvalue weighted by Gasteiger charge is -2.30. The van der Waals surface area contributed by atoms with Crippen molar-refractivity contribution in [2.75, 3.05) is 51.0 Å². The molecule has 1 aromatic heterocycles. The molecule has 1 aliphatic heterocycles. The minimum Gasteiger partial charge on any atom is -0.481 e. The van der Waals surface area contributed by atoms with Crippen LogP contribution in [-0.2, 0) is 102 Å². The van der Waals surface area contributed by atoms with Gasteiger partial charge in [-0.3, -0.25) is 95.9 Å². The summed E-state index contributed by atoms with van der Waals surface area (Å²) in [5.41, 5.74) is 13.2. The fourth-order valence-electron chi connectivity index (χ4n) is 12.9. The van der Waals surface area contributed by atoms with Crippen LogP contribution in [0.1, 0.15) is 157 Å². The van der Waals surface area contributed by atoms with Crippen LogP contribution >= 0.6 is 0 Å². The van der Waals surface area contributed by atoms with Gasteiger partial charge in [-0.2, -0.15) is 0 Å². The van der Waals surface area contributed by atoms with E-state index in [4.69, 9.17) is 16.2 Å². The number of unbranched alkanes of at least 4 members (excludes halogenated alkanes) is 6. The Morgan fingerprint density at radius 2 is 1.12 bits per heavy atom. The van der Waals surface area contributed by atoms with E-state index in [9.17, 15) is 126 Å². The van der Waals surface area contributed by atoms with Gasteiger partial charge in [-0.25, -0.2) is 4.79 Å². The third kappa shape index (κ3) is 34.3. The number of para-hydroxylation sites is 2. The van der Waals surface area contributed by atoms with Crippen molar-refractivity contribution < 1.29 is 131 Å². The number of benzene rings is 3. The highest BCUT2D eigenvalue weighted by Gasteiger charge is 2.41. The van der Waals surface area contributed by atoms with Crippen LogP contribution in [0.2, 0.25) is 0 Å². The van der Waals surface area contributed by atoms with Gasteiger partial charge < -0.3 is 126 Å². The topological polar surface area (TPSA) is 708 Å². The summed E-state index contributed by atoms with van der Waals surface area (Å²) >= 11 is 0. The first-order chi connectivity index (χ1) is 59.6. The van der Waals surface area contributed by atoms with Crippen LogP contribution in [0.5, 0.6) is 0 Å². The Morgan fingerprint density at radius 3 is 1.74 bits per heavy atom. The summed E-state index contributed by atoms with van der Waals surface area (Å²) in [5.74, 6) is -30.8. The number of nitrogens with two attached hydrogens (primary N) is 2. The molecule has 1 saturated heterocycles. The summed E-state index contributed by atoms with van der Waals surface area (Å²) in [4.78, 5) is 295. The van der Waals surface area contributed by atoms with Gasteiger partial charge in [0.25, 0.3) is 5.91 Å². The quantitative estimate of drug-likeness (QED) is 0.00878. The van der Waals surface area contributed by atoms with E-state index in [0.29, 0.717) is 35.0 Å². The molecule has 13 atom stereocenters. The number of aliphatic hydroxyl groups excluding tert-OH is 1. The number of nitrogen functional groups attached to an aromatic ring is 1. The Balaban J connectivity index is 1.64. The lowest BCUT2D eigenvalue weighted by molar-refractivity contribution is -0.156. The number of ether oxygens (including phenoxy) is 1. The number of aliphatic carboxylic acids is 4. The number of nitrogens with zero attached hydrogens (tertiary/aromatic N) is 1. The van der Waals surface area contributed by atoms with Gasteiger partial charge in [0, 0.05) is 79.5 Å².